The summed E-state index contributed by atoms with van der Waals surface area (Å²) >= 11 is 3.55. The number of hydrogen-bond acceptors (Lipinski definition) is 2. The Labute approximate surface area is 111 Å². The average Bonchev–Trinajstić information content (AvgIpc) is 2.20. The SMILES string of the molecule is IOI.Oc1cccc2ccccc12. The van der Waals surface area contributed by atoms with Gasteiger partial charge in [-0.1, -0.05) is 36.4 Å². The third-order valence-electron chi connectivity index (χ3n) is 1.77. The highest BCUT2D eigenvalue weighted by atomic mass is 127. The van der Waals surface area contributed by atoms with Crippen LogP contribution in [0.25, 0.3) is 10.8 Å². The molecule has 14 heavy (non-hydrogen) atoms. The van der Waals surface area contributed by atoms with Crippen LogP contribution in [0.4, 0.5) is 0 Å². The fraction of sp³-hybridized carbons (Fsp3) is 0. The van der Waals surface area contributed by atoms with E-state index in [-0.39, 0.29) is 0 Å². The molecule has 0 aliphatic rings. The van der Waals surface area contributed by atoms with Crippen LogP contribution < -0.4 is 0 Å². The van der Waals surface area contributed by atoms with Gasteiger partial charge in [0.25, 0.3) is 0 Å². The number of halogens is 2. The van der Waals surface area contributed by atoms with Crippen LogP contribution in [-0.2, 0) is 1.40 Å². The molecule has 0 unspecified atom stereocenters. The first-order chi connectivity index (χ1) is 6.79. The molecule has 74 valence electrons. The lowest BCUT2D eigenvalue weighted by Gasteiger charge is -1.97. The summed E-state index contributed by atoms with van der Waals surface area (Å²) in [5.74, 6) is 0.350. The Balaban J connectivity index is 0.000000293. The minimum absolute atomic E-state index is 0.350. The van der Waals surface area contributed by atoms with Gasteiger partial charge in [-0.25, -0.2) is 1.40 Å². The summed E-state index contributed by atoms with van der Waals surface area (Å²) in [5, 5.41) is 11.4. The van der Waals surface area contributed by atoms with Crippen LogP contribution in [0.3, 0.4) is 0 Å². The Morgan fingerprint density at radius 3 is 2.14 bits per heavy atom. The van der Waals surface area contributed by atoms with Crippen molar-refractivity contribution < 1.29 is 6.50 Å². The van der Waals surface area contributed by atoms with Gasteiger partial charge in [0.15, 0.2) is 0 Å². The summed E-state index contributed by atoms with van der Waals surface area (Å²) in [5.41, 5.74) is 0. The molecular weight excluding hydrogens is 406 g/mol. The molecule has 0 saturated heterocycles. The summed E-state index contributed by atoms with van der Waals surface area (Å²) in [4.78, 5) is 0. The number of rotatable bonds is 0. The van der Waals surface area contributed by atoms with Gasteiger partial charge in [-0.2, -0.15) is 0 Å². The van der Waals surface area contributed by atoms with Crippen LogP contribution >= 0.6 is 46.0 Å². The predicted octanol–water partition coefficient (Wildman–Crippen LogP) is 4.25. The smallest absolute Gasteiger partial charge is 0.124 e. The fourth-order valence-corrected chi connectivity index (χ4v) is 1.21. The van der Waals surface area contributed by atoms with Crippen LogP contribution in [0, 0.1) is 0 Å². The third-order valence-corrected chi connectivity index (χ3v) is 1.77. The first kappa shape index (κ1) is 12.0. The van der Waals surface area contributed by atoms with Crippen LogP contribution in [0.2, 0.25) is 0 Å². The predicted molar refractivity (Wildman–Crippen MR) is 74.7 cm³/mol. The van der Waals surface area contributed by atoms with Crippen molar-refractivity contribution in [1.29, 1.82) is 0 Å². The second-order valence-electron chi connectivity index (χ2n) is 2.56. The second-order valence-corrected chi connectivity index (χ2v) is 5.12. The maximum absolute atomic E-state index is 9.37. The van der Waals surface area contributed by atoms with Crippen molar-refractivity contribution in [3.8, 4) is 5.75 Å². The number of phenols is 1. The van der Waals surface area contributed by atoms with Crippen LogP contribution in [0.1, 0.15) is 0 Å². The number of phenolic OH excluding ortho intramolecular Hbond substituents is 1. The number of hydrogen-bond donors (Lipinski definition) is 1. The Morgan fingerprint density at radius 2 is 1.50 bits per heavy atom. The van der Waals surface area contributed by atoms with E-state index in [0.29, 0.717) is 5.75 Å². The van der Waals surface area contributed by atoms with E-state index in [1.165, 1.54) is 0 Å². The molecule has 0 spiro atoms. The molecule has 0 aliphatic heterocycles. The Kier molecular flexibility index (Phi) is 5.49. The largest absolute Gasteiger partial charge is 0.507 e. The minimum Gasteiger partial charge on any atom is -0.507 e. The number of benzene rings is 2. The molecule has 1 N–H and O–H groups in total. The zero-order valence-electron chi connectivity index (χ0n) is 7.15. The van der Waals surface area contributed by atoms with Gasteiger partial charge in [0, 0.05) is 5.39 Å². The van der Waals surface area contributed by atoms with Crippen LogP contribution in [0.5, 0.6) is 5.75 Å². The Hall–Kier alpha value is -0.0800. The molecule has 0 fully saturated rings. The summed E-state index contributed by atoms with van der Waals surface area (Å²) in [6.07, 6.45) is 0. The molecule has 0 radical (unpaired) electrons. The van der Waals surface area contributed by atoms with Gasteiger partial charge >= 0.3 is 0 Å². The second kappa shape index (κ2) is 6.41. The van der Waals surface area contributed by atoms with Crippen LogP contribution in [0.15, 0.2) is 42.5 Å². The normalized spacial score (nSPS) is 9.29. The van der Waals surface area contributed by atoms with Crippen molar-refractivity contribution in [3.63, 3.8) is 0 Å². The molecular formula is C10H8I2O2. The third kappa shape index (κ3) is 3.25. The lowest BCUT2D eigenvalue weighted by molar-refractivity contribution is 0.481. The summed E-state index contributed by atoms with van der Waals surface area (Å²) in [6, 6.07) is 13.3. The highest BCUT2D eigenvalue weighted by Gasteiger charge is 1.94. The first-order valence-electron chi connectivity index (χ1n) is 3.85. The van der Waals surface area contributed by atoms with Crippen molar-refractivity contribution in [3.05, 3.63) is 42.5 Å². The molecule has 0 bridgehead atoms. The topological polar surface area (TPSA) is 29.5 Å². The Morgan fingerprint density at radius 1 is 0.929 bits per heavy atom. The molecule has 0 aliphatic carbocycles. The lowest BCUT2D eigenvalue weighted by Crippen LogP contribution is -1.70. The highest BCUT2D eigenvalue weighted by Crippen LogP contribution is 2.22. The van der Waals surface area contributed by atoms with Gasteiger partial charge in [-0.05, 0) is 11.5 Å². The van der Waals surface area contributed by atoms with Crippen LogP contribution in [-0.4, -0.2) is 5.11 Å². The molecule has 0 amide bonds. The van der Waals surface area contributed by atoms with Crippen molar-refractivity contribution in [2.24, 2.45) is 0 Å². The summed E-state index contributed by atoms with van der Waals surface area (Å²) in [7, 11) is 0. The van der Waals surface area contributed by atoms with Crippen molar-refractivity contribution in [2.45, 2.75) is 0 Å². The number of fused-ring (bicyclic) bond motifs is 1. The van der Waals surface area contributed by atoms with Crippen molar-refractivity contribution in [2.75, 3.05) is 0 Å². The molecule has 2 aromatic carbocycles. The molecule has 0 heterocycles. The quantitative estimate of drug-likeness (QED) is 0.654. The first-order valence-corrected chi connectivity index (χ1v) is 5.62. The monoisotopic (exact) mass is 414 g/mol. The summed E-state index contributed by atoms with van der Waals surface area (Å²) < 4.78 is 4.19. The molecule has 0 saturated carbocycles. The molecule has 2 rings (SSSR count). The molecule has 2 aromatic rings. The van der Waals surface area contributed by atoms with Crippen molar-refractivity contribution in [1.82, 2.24) is 0 Å². The Bertz CT molecular complexity index is 399. The van der Waals surface area contributed by atoms with Gasteiger partial charge in [-0.3, -0.25) is 0 Å². The molecule has 2 nitrogen and oxygen atoms in total. The minimum atomic E-state index is 0.350. The van der Waals surface area contributed by atoms with Gasteiger partial charge < -0.3 is 5.11 Å². The lowest BCUT2D eigenvalue weighted by atomic mass is 10.1. The average molecular weight is 414 g/mol. The van der Waals surface area contributed by atoms with Gasteiger partial charge in [0.05, 0.1) is 0 Å². The maximum Gasteiger partial charge on any atom is 0.124 e. The van der Waals surface area contributed by atoms with Gasteiger partial charge in [0.1, 0.15) is 51.8 Å². The van der Waals surface area contributed by atoms with E-state index in [4.69, 9.17) is 0 Å². The molecule has 0 atom stereocenters. The van der Waals surface area contributed by atoms with Crippen molar-refractivity contribution >= 4 is 56.8 Å². The van der Waals surface area contributed by atoms with Gasteiger partial charge in [0.2, 0.25) is 0 Å². The van der Waals surface area contributed by atoms with E-state index < -0.39 is 0 Å². The molecule has 0 aromatic heterocycles. The molecule has 4 heteroatoms. The summed E-state index contributed by atoms with van der Waals surface area (Å²) in [6.45, 7) is 0. The van der Waals surface area contributed by atoms with E-state index in [1.54, 1.807) is 52.1 Å². The van der Waals surface area contributed by atoms with E-state index in [1.807, 2.05) is 36.4 Å². The van der Waals surface area contributed by atoms with Gasteiger partial charge in [-0.15, -0.1) is 0 Å². The van der Waals surface area contributed by atoms with E-state index in [9.17, 15) is 5.11 Å². The zero-order valence-corrected chi connectivity index (χ0v) is 11.5. The number of aromatic hydroxyl groups is 1. The fourth-order valence-electron chi connectivity index (χ4n) is 1.21. The zero-order chi connectivity index (χ0) is 10.4. The standard InChI is InChI=1S/C10H8O.I2O/c11-10-7-3-5-8-4-1-2-6-9(8)10;1-3-2/h1-7,11H;. The van der Waals surface area contributed by atoms with E-state index in [2.05, 4.69) is 1.40 Å². The van der Waals surface area contributed by atoms with E-state index >= 15 is 0 Å². The highest BCUT2D eigenvalue weighted by molar-refractivity contribution is 14.2. The van der Waals surface area contributed by atoms with E-state index in [0.717, 1.165) is 10.8 Å². The maximum atomic E-state index is 9.37.